The molecule has 0 aliphatic carbocycles. The van der Waals surface area contributed by atoms with E-state index in [9.17, 15) is 4.79 Å². The highest BCUT2D eigenvalue weighted by Gasteiger charge is 2.29. The molecule has 7 heteroatoms. The molecule has 162 valence electrons. The standard InChI is InChI=1S/C25H24N4O2S/c1-3-4-13-31-20-11-9-19(10-12-20)23-22(16(2)27-25(30)29-23)24-28-21(15-32-24)18-7-5-17(14-26)6-8-18/h5-12,15,23H,3-4,13H2,1-2H3,(H2,27,29,30). The van der Waals surface area contributed by atoms with Crippen molar-refractivity contribution in [2.45, 2.75) is 32.7 Å². The highest BCUT2D eigenvalue weighted by molar-refractivity contribution is 7.11. The zero-order valence-electron chi connectivity index (χ0n) is 18.0. The molecular formula is C25H24N4O2S. The van der Waals surface area contributed by atoms with E-state index in [4.69, 9.17) is 15.0 Å². The number of nitrogens with zero attached hydrogens (tertiary/aromatic N) is 2. The van der Waals surface area contributed by atoms with Crippen molar-refractivity contribution in [1.82, 2.24) is 15.6 Å². The normalized spacial score (nSPS) is 15.7. The van der Waals surface area contributed by atoms with Crippen molar-refractivity contribution in [3.63, 3.8) is 0 Å². The Morgan fingerprint density at radius 1 is 1.16 bits per heavy atom. The SMILES string of the molecule is CCCCOc1ccc(C2NC(=O)NC(C)=C2c2nc(-c3ccc(C#N)cc3)cs2)cc1. The van der Waals surface area contributed by atoms with Gasteiger partial charge in [0.1, 0.15) is 10.8 Å². The molecule has 1 aliphatic rings. The molecule has 0 fully saturated rings. The largest absolute Gasteiger partial charge is 0.494 e. The van der Waals surface area contributed by atoms with E-state index in [2.05, 4.69) is 23.6 Å². The number of urea groups is 1. The van der Waals surface area contributed by atoms with Crippen molar-refractivity contribution >= 4 is 22.9 Å². The smallest absolute Gasteiger partial charge is 0.319 e. The van der Waals surface area contributed by atoms with E-state index in [1.54, 1.807) is 12.1 Å². The van der Waals surface area contributed by atoms with Crippen LogP contribution in [0.15, 0.2) is 59.6 Å². The van der Waals surface area contributed by atoms with Gasteiger partial charge in [-0.1, -0.05) is 37.6 Å². The monoisotopic (exact) mass is 444 g/mol. The van der Waals surface area contributed by atoms with Gasteiger partial charge in [0, 0.05) is 22.2 Å². The Bertz CT molecular complexity index is 1170. The molecule has 0 saturated carbocycles. The number of rotatable bonds is 7. The maximum atomic E-state index is 12.2. The molecule has 6 nitrogen and oxygen atoms in total. The first kappa shape index (κ1) is 21.6. The van der Waals surface area contributed by atoms with E-state index in [0.717, 1.165) is 51.7 Å². The lowest BCUT2D eigenvalue weighted by atomic mass is 9.96. The first-order valence-corrected chi connectivity index (χ1v) is 11.4. The Hall–Kier alpha value is -3.63. The highest BCUT2D eigenvalue weighted by Crippen LogP contribution is 2.37. The van der Waals surface area contributed by atoms with Crippen molar-refractivity contribution in [3.8, 4) is 23.1 Å². The number of hydrogen-bond acceptors (Lipinski definition) is 5. The van der Waals surface area contributed by atoms with E-state index in [1.165, 1.54) is 11.3 Å². The number of thiazole rings is 1. The van der Waals surface area contributed by atoms with Crippen LogP contribution in [0.4, 0.5) is 4.79 Å². The van der Waals surface area contributed by atoms with Crippen molar-refractivity contribution < 1.29 is 9.53 Å². The molecule has 2 aromatic carbocycles. The fraction of sp³-hybridized carbons (Fsp3) is 0.240. The first-order valence-electron chi connectivity index (χ1n) is 10.6. The van der Waals surface area contributed by atoms with Crippen molar-refractivity contribution in [2.24, 2.45) is 0 Å². The summed E-state index contributed by atoms with van der Waals surface area (Å²) in [4.78, 5) is 17.1. The van der Waals surface area contributed by atoms with Crippen LogP contribution in [0.5, 0.6) is 5.75 Å². The molecule has 2 N–H and O–H groups in total. The van der Waals surface area contributed by atoms with Gasteiger partial charge >= 0.3 is 6.03 Å². The molecule has 4 rings (SSSR count). The summed E-state index contributed by atoms with van der Waals surface area (Å²) in [5.41, 5.74) is 5.08. The first-order chi connectivity index (χ1) is 15.6. The van der Waals surface area contributed by atoms with Crippen LogP contribution < -0.4 is 15.4 Å². The van der Waals surface area contributed by atoms with E-state index >= 15 is 0 Å². The molecule has 1 aliphatic heterocycles. The van der Waals surface area contributed by atoms with Gasteiger partial charge in [-0.25, -0.2) is 9.78 Å². The number of nitriles is 1. The molecule has 0 saturated heterocycles. The lowest BCUT2D eigenvalue weighted by molar-refractivity contribution is 0.240. The number of unbranched alkanes of at least 4 members (excludes halogenated alkanes) is 1. The van der Waals surface area contributed by atoms with Gasteiger partial charge in [-0.05, 0) is 43.2 Å². The minimum Gasteiger partial charge on any atom is -0.494 e. The summed E-state index contributed by atoms with van der Waals surface area (Å²) < 4.78 is 5.77. The topological polar surface area (TPSA) is 87.0 Å². The molecule has 2 heterocycles. The van der Waals surface area contributed by atoms with Gasteiger partial charge < -0.3 is 15.4 Å². The van der Waals surface area contributed by atoms with Gasteiger partial charge in [0.05, 0.1) is 30.0 Å². The number of carbonyl (C=O) groups is 1. The minimum absolute atomic E-state index is 0.233. The number of ether oxygens (including phenoxy) is 1. The van der Waals surface area contributed by atoms with Crippen LogP contribution in [-0.4, -0.2) is 17.6 Å². The van der Waals surface area contributed by atoms with Crippen molar-refractivity contribution in [2.75, 3.05) is 6.61 Å². The second-order valence-electron chi connectivity index (χ2n) is 7.57. The zero-order valence-corrected chi connectivity index (χ0v) is 18.8. The molecule has 0 radical (unpaired) electrons. The molecule has 32 heavy (non-hydrogen) atoms. The van der Waals surface area contributed by atoms with E-state index in [1.807, 2.05) is 48.7 Å². The maximum absolute atomic E-state index is 12.2. The van der Waals surface area contributed by atoms with Crippen LogP contribution in [0, 0.1) is 11.3 Å². The summed E-state index contributed by atoms with van der Waals surface area (Å²) in [6.07, 6.45) is 2.11. The molecule has 1 unspecified atom stereocenters. The Balaban J connectivity index is 1.62. The zero-order chi connectivity index (χ0) is 22.5. The minimum atomic E-state index is -0.312. The fourth-order valence-electron chi connectivity index (χ4n) is 3.56. The van der Waals surface area contributed by atoms with Gasteiger partial charge in [-0.15, -0.1) is 11.3 Å². The third-order valence-corrected chi connectivity index (χ3v) is 6.17. The fourth-order valence-corrected chi connectivity index (χ4v) is 4.52. The van der Waals surface area contributed by atoms with Gasteiger partial charge in [-0.2, -0.15) is 5.26 Å². The van der Waals surface area contributed by atoms with Crippen LogP contribution in [0.1, 0.15) is 48.9 Å². The van der Waals surface area contributed by atoms with Crippen LogP contribution in [0.3, 0.4) is 0 Å². The van der Waals surface area contributed by atoms with Crippen LogP contribution in [0.2, 0.25) is 0 Å². The predicted molar refractivity (Wildman–Crippen MR) is 126 cm³/mol. The van der Waals surface area contributed by atoms with Gasteiger partial charge in [0.15, 0.2) is 0 Å². The second-order valence-corrected chi connectivity index (χ2v) is 8.43. The number of nitrogens with one attached hydrogen (secondary N) is 2. The van der Waals surface area contributed by atoms with Crippen molar-refractivity contribution in [1.29, 1.82) is 5.26 Å². The Morgan fingerprint density at radius 2 is 1.91 bits per heavy atom. The average Bonchev–Trinajstić information content (AvgIpc) is 3.29. The third-order valence-electron chi connectivity index (χ3n) is 5.29. The van der Waals surface area contributed by atoms with Gasteiger partial charge in [0.25, 0.3) is 0 Å². The summed E-state index contributed by atoms with van der Waals surface area (Å²) in [6.45, 7) is 4.72. The number of aromatic nitrogens is 1. The van der Waals surface area contributed by atoms with E-state index in [0.29, 0.717) is 12.2 Å². The van der Waals surface area contributed by atoms with Crippen LogP contribution in [0.25, 0.3) is 16.8 Å². The average molecular weight is 445 g/mol. The summed E-state index contributed by atoms with van der Waals surface area (Å²) >= 11 is 1.53. The number of amides is 2. The van der Waals surface area contributed by atoms with Crippen LogP contribution >= 0.6 is 11.3 Å². The van der Waals surface area contributed by atoms with E-state index in [-0.39, 0.29) is 12.1 Å². The molecule has 0 bridgehead atoms. The quantitative estimate of drug-likeness (QED) is 0.461. The molecule has 2 amide bonds. The van der Waals surface area contributed by atoms with E-state index < -0.39 is 0 Å². The summed E-state index contributed by atoms with van der Waals surface area (Å²) in [7, 11) is 0. The number of hydrogen-bond donors (Lipinski definition) is 2. The second kappa shape index (κ2) is 9.67. The van der Waals surface area contributed by atoms with Gasteiger partial charge in [-0.3, -0.25) is 0 Å². The lowest BCUT2D eigenvalue weighted by Gasteiger charge is -2.28. The maximum Gasteiger partial charge on any atom is 0.319 e. The number of allylic oxidation sites excluding steroid dienone is 1. The molecule has 0 spiro atoms. The Morgan fingerprint density at radius 3 is 2.59 bits per heavy atom. The molecule has 1 atom stereocenters. The summed E-state index contributed by atoms with van der Waals surface area (Å²) in [6, 6.07) is 16.8. The van der Waals surface area contributed by atoms with Gasteiger partial charge in [0.2, 0.25) is 0 Å². The van der Waals surface area contributed by atoms with Crippen LogP contribution in [-0.2, 0) is 0 Å². The lowest BCUT2D eigenvalue weighted by Crippen LogP contribution is -2.42. The molecule has 3 aromatic rings. The molecular weight excluding hydrogens is 420 g/mol. The number of carbonyl (C=O) groups excluding carboxylic acids is 1. The predicted octanol–water partition coefficient (Wildman–Crippen LogP) is 5.65. The summed E-state index contributed by atoms with van der Waals surface area (Å²) in [5, 5.41) is 17.7. The third kappa shape index (κ3) is 4.66. The summed E-state index contributed by atoms with van der Waals surface area (Å²) in [5.74, 6) is 0.821. The van der Waals surface area contributed by atoms with Crippen molar-refractivity contribution in [3.05, 3.63) is 75.7 Å². The Kier molecular flexibility index (Phi) is 6.52. The number of benzene rings is 2. The molecule has 1 aromatic heterocycles. The Labute approximate surface area is 191 Å². The highest BCUT2D eigenvalue weighted by atomic mass is 32.1.